The van der Waals surface area contributed by atoms with Crippen LogP contribution in [0.15, 0.2) is 23.1 Å². The molecule has 1 aromatic rings. The number of carbonyl (C=O) groups excluding carboxylic acids is 2. The van der Waals surface area contributed by atoms with Crippen LogP contribution in [0.25, 0.3) is 0 Å². The summed E-state index contributed by atoms with van der Waals surface area (Å²) in [6.07, 6.45) is 0. The van der Waals surface area contributed by atoms with Crippen LogP contribution in [0.3, 0.4) is 0 Å². The van der Waals surface area contributed by atoms with E-state index >= 15 is 0 Å². The second-order valence-electron chi connectivity index (χ2n) is 4.09. The van der Waals surface area contributed by atoms with Crippen LogP contribution >= 0.6 is 0 Å². The molecule has 0 aliphatic heterocycles. The Bertz CT molecular complexity index is 645. The van der Waals surface area contributed by atoms with Crippen molar-refractivity contribution in [1.82, 2.24) is 10.0 Å². The van der Waals surface area contributed by atoms with Gasteiger partial charge in [0.1, 0.15) is 12.4 Å². The minimum absolute atomic E-state index is 0.247. The van der Waals surface area contributed by atoms with Gasteiger partial charge in [0, 0.05) is 0 Å². The molecule has 1 aromatic carbocycles. The lowest BCUT2D eigenvalue weighted by Crippen LogP contribution is -2.39. The van der Waals surface area contributed by atoms with Gasteiger partial charge in [-0.3, -0.25) is 9.59 Å². The molecule has 0 aliphatic carbocycles. The molecular weight excluding hydrogens is 303 g/mol. The van der Waals surface area contributed by atoms with Crippen molar-refractivity contribution in [1.29, 1.82) is 0 Å². The zero-order valence-corrected chi connectivity index (χ0v) is 12.3. The van der Waals surface area contributed by atoms with Crippen molar-refractivity contribution in [3.05, 3.63) is 29.6 Å². The van der Waals surface area contributed by atoms with Crippen LogP contribution in [0, 0.1) is 12.7 Å². The van der Waals surface area contributed by atoms with Gasteiger partial charge in [-0.2, -0.15) is 0 Å². The Morgan fingerprint density at radius 2 is 1.95 bits per heavy atom. The first-order valence-electron chi connectivity index (χ1n) is 5.85. The van der Waals surface area contributed by atoms with E-state index in [2.05, 4.69) is 10.1 Å². The van der Waals surface area contributed by atoms with Crippen molar-refractivity contribution in [2.75, 3.05) is 20.2 Å². The van der Waals surface area contributed by atoms with E-state index in [-0.39, 0.29) is 11.4 Å². The molecule has 7 nitrogen and oxygen atoms in total. The highest BCUT2D eigenvalue weighted by atomic mass is 32.2. The van der Waals surface area contributed by atoms with Crippen molar-refractivity contribution in [3.63, 3.8) is 0 Å². The smallest absolute Gasteiger partial charge is 0.325 e. The van der Waals surface area contributed by atoms with Crippen LogP contribution in [-0.4, -0.2) is 40.5 Å². The van der Waals surface area contributed by atoms with E-state index in [0.29, 0.717) is 5.56 Å². The molecule has 0 heterocycles. The maximum atomic E-state index is 13.1. The number of benzene rings is 1. The largest absolute Gasteiger partial charge is 0.468 e. The van der Waals surface area contributed by atoms with Crippen LogP contribution < -0.4 is 10.0 Å². The van der Waals surface area contributed by atoms with E-state index in [0.717, 1.165) is 19.2 Å². The zero-order chi connectivity index (χ0) is 16.0. The summed E-state index contributed by atoms with van der Waals surface area (Å²) in [5, 5.41) is 2.17. The fourth-order valence-corrected chi connectivity index (χ4v) is 2.64. The third-order valence-electron chi connectivity index (χ3n) is 2.52. The number of rotatable bonds is 6. The Labute approximate surface area is 121 Å². The second-order valence-corrected chi connectivity index (χ2v) is 5.82. The Kier molecular flexibility index (Phi) is 5.79. The van der Waals surface area contributed by atoms with Crippen LogP contribution in [-0.2, 0) is 24.3 Å². The number of nitrogens with one attached hydrogen (secondary N) is 2. The maximum absolute atomic E-state index is 13.1. The summed E-state index contributed by atoms with van der Waals surface area (Å²) in [5.41, 5.74) is 0.346. The number of ether oxygens (including phenoxy) is 1. The topological polar surface area (TPSA) is 102 Å². The van der Waals surface area contributed by atoms with Gasteiger partial charge in [0.05, 0.1) is 18.6 Å². The number of hydrogen-bond acceptors (Lipinski definition) is 5. The fourth-order valence-electron chi connectivity index (χ4n) is 1.41. The van der Waals surface area contributed by atoms with Crippen molar-refractivity contribution < 1.29 is 27.1 Å². The predicted molar refractivity (Wildman–Crippen MR) is 71.4 cm³/mol. The van der Waals surface area contributed by atoms with E-state index in [1.165, 1.54) is 13.0 Å². The van der Waals surface area contributed by atoms with Crippen LogP contribution in [0.5, 0.6) is 0 Å². The molecule has 0 atom stereocenters. The van der Waals surface area contributed by atoms with E-state index in [1.807, 2.05) is 4.72 Å². The first-order valence-corrected chi connectivity index (χ1v) is 7.34. The molecule has 0 spiro atoms. The van der Waals surface area contributed by atoms with Crippen molar-refractivity contribution in [2.24, 2.45) is 0 Å². The Hall–Kier alpha value is -2.00. The zero-order valence-electron chi connectivity index (χ0n) is 11.5. The predicted octanol–water partition coefficient (Wildman–Crippen LogP) is -0.298. The van der Waals surface area contributed by atoms with Crippen molar-refractivity contribution in [2.45, 2.75) is 11.8 Å². The first-order chi connectivity index (χ1) is 9.76. The lowest BCUT2D eigenvalue weighted by atomic mass is 10.2. The minimum atomic E-state index is -4.02. The average Bonchev–Trinajstić information content (AvgIpc) is 2.45. The van der Waals surface area contributed by atoms with Crippen LogP contribution in [0.2, 0.25) is 0 Å². The van der Waals surface area contributed by atoms with Crippen LogP contribution in [0.1, 0.15) is 5.56 Å². The average molecular weight is 318 g/mol. The van der Waals surface area contributed by atoms with Crippen LogP contribution in [0.4, 0.5) is 4.39 Å². The second kappa shape index (κ2) is 7.14. The molecule has 0 aliphatic rings. The monoisotopic (exact) mass is 318 g/mol. The van der Waals surface area contributed by atoms with Gasteiger partial charge in [0.25, 0.3) is 0 Å². The number of aryl methyl sites for hydroxylation is 1. The van der Waals surface area contributed by atoms with Gasteiger partial charge in [-0.05, 0) is 24.6 Å². The number of hydrogen-bond donors (Lipinski definition) is 2. The standard InChI is InChI=1S/C12H15FN2O5S/c1-8-3-4-9(13)5-10(8)21(18,19)15-6-11(16)14-7-12(17)20-2/h3-5,15H,6-7H2,1-2H3,(H,14,16). The first kappa shape index (κ1) is 17.1. The molecule has 0 aromatic heterocycles. The molecule has 0 saturated carbocycles. The molecule has 0 saturated heterocycles. The minimum Gasteiger partial charge on any atom is -0.468 e. The maximum Gasteiger partial charge on any atom is 0.325 e. The van der Waals surface area contributed by atoms with E-state index < -0.39 is 34.3 Å². The van der Waals surface area contributed by atoms with Gasteiger partial charge >= 0.3 is 5.97 Å². The molecule has 9 heteroatoms. The van der Waals surface area contributed by atoms with E-state index in [1.54, 1.807) is 0 Å². The Balaban J connectivity index is 2.67. The SMILES string of the molecule is COC(=O)CNC(=O)CNS(=O)(=O)c1cc(F)ccc1C. The number of amides is 1. The summed E-state index contributed by atoms with van der Waals surface area (Å²) >= 11 is 0. The molecule has 21 heavy (non-hydrogen) atoms. The van der Waals surface area contributed by atoms with Gasteiger partial charge in [0.15, 0.2) is 0 Å². The summed E-state index contributed by atoms with van der Waals surface area (Å²) in [6.45, 7) is 0.566. The third-order valence-corrected chi connectivity index (χ3v) is 4.06. The number of methoxy groups -OCH3 is 1. The van der Waals surface area contributed by atoms with Gasteiger partial charge in [-0.1, -0.05) is 6.07 Å². The van der Waals surface area contributed by atoms with Gasteiger partial charge in [-0.15, -0.1) is 0 Å². The van der Waals surface area contributed by atoms with E-state index in [9.17, 15) is 22.4 Å². The summed E-state index contributed by atoms with van der Waals surface area (Å²) in [6, 6.07) is 3.32. The molecule has 0 bridgehead atoms. The Morgan fingerprint density at radius 3 is 2.57 bits per heavy atom. The highest BCUT2D eigenvalue weighted by Crippen LogP contribution is 2.15. The summed E-state index contributed by atoms with van der Waals surface area (Å²) in [5.74, 6) is -2.07. The van der Waals surface area contributed by atoms with Crippen molar-refractivity contribution >= 4 is 21.9 Å². The molecule has 2 N–H and O–H groups in total. The highest BCUT2D eigenvalue weighted by molar-refractivity contribution is 7.89. The molecule has 1 amide bonds. The summed E-state index contributed by atoms with van der Waals surface area (Å²) in [4.78, 5) is 21.9. The lowest BCUT2D eigenvalue weighted by molar-refractivity contribution is -0.141. The molecule has 1 rings (SSSR count). The normalized spacial score (nSPS) is 11.0. The molecule has 0 radical (unpaired) electrons. The summed E-state index contributed by atoms with van der Waals surface area (Å²) < 4.78 is 43.3. The fraction of sp³-hybridized carbons (Fsp3) is 0.333. The summed E-state index contributed by atoms with van der Waals surface area (Å²) in [7, 11) is -2.86. The third kappa shape index (κ3) is 5.12. The molecule has 0 fully saturated rings. The van der Waals surface area contributed by atoms with Gasteiger partial charge in [0.2, 0.25) is 15.9 Å². The number of sulfonamides is 1. The number of carbonyl (C=O) groups is 2. The molecular formula is C12H15FN2O5S. The Morgan fingerprint density at radius 1 is 1.29 bits per heavy atom. The lowest BCUT2D eigenvalue weighted by Gasteiger charge is -2.09. The van der Waals surface area contributed by atoms with Gasteiger partial charge < -0.3 is 10.1 Å². The highest BCUT2D eigenvalue weighted by Gasteiger charge is 2.18. The van der Waals surface area contributed by atoms with Gasteiger partial charge in [-0.25, -0.2) is 17.5 Å². The quantitative estimate of drug-likeness (QED) is 0.701. The number of esters is 1. The van der Waals surface area contributed by atoms with Crippen molar-refractivity contribution in [3.8, 4) is 0 Å². The van der Waals surface area contributed by atoms with E-state index in [4.69, 9.17) is 0 Å². The number of halogens is 1. The molecule has 116 valence electrons. The molecule has 0 unspecified atom stereocenters.